The van der Waals surface area contributed by atoms with Gasteiger partial charge in [0.1, 0.15) is 21.3 Å². The summed E-state index contributed by atoms with van der Waals surface area (Å²) in [4.78, 5) is 23.7. The molecule has 20 nitrogen and oxygen atoms in total. The van der Waals surface area contributed by atoms with Crippen LogP contribution in [-0.2, 0) is 20.2 Å². The van der Waals surface area contributed by atoms with E-state index in [4.69, 9.17) is 32.7 Å². The van der Waals surface area contributed by atoms with Crippen LogP contribution >= 0.6 is 23.2 Å². The lowest BCUT2D eigenvalue weighted by molar-refractivity contribution is 0.310. The summed E-state index contributed by atoms with van der Waals surface area (Å²) in [6.45, 7) is -0.369. The molecule has 4 aromatic carbocycles. The van der Waals surface area contributed by atoms with Gasteiger partial charge in [-0.05, 0) is 60.7 Å². The van der Waals surface area contributed by atoms with Crippen molar-refractivity contribution in [1.29, 1.82) is 0 Å². The molecular formula is C36H30Cl2N10O10S2. The Balaban J connectivity index is 1.29. The second-order valence-electron chi connectivity index (χ2n) is 11.8. The Kier molecular flexibility index (Phi) is 13.7. The smallest absolute Gasteiger partial charge is 0.328 e. The molecule has 0 aliphatic rings. The van der Waals surface area contributed by atoms with Crippen molar-refractivity contribution in [1.82, 2.24) is 29.9 Å². The van der Waals surface area contributed by atoms with Crippen molar-refractivity contribution in [3.05, 3.63) is 106 Å². The van der Waals surface area contributed by atoms with Crippen LogP contribution in [-0.4, -0.2) is 92.4 Å². The molecule has 0 aliphatic heterocycles. The highest BCUT2D eigenvalue weighted by Gasteiger charge is 2.20. The summed E-state index contributed by atoms with van der Waals surface area (Å²) in [5.41, 5.74) is -0.402. The first-order valence-corrected chi connectivity index (χ1v) is 20.7. The molecule has 0 spiro atoms. The highest BCUT2D eigenvalue weighted by molar-refractivity contribution is 7.86. The van der Waals surface area contributed by atoms with Gasteiger partial charge in [0, 0.05) is 35.6 Å². The van der Waals surface area contributed by atoms with Crippen LogP contribution in [0.5, 0.6) is 23.5 Å². The van der Waals surface area contributed by atoms with E-state index in [2.05, 4.69) is 63.0 Å². The molecule has 0 fully saturated rings. The van der Waals surface area contributed by atoms with E-state index < -0.39 is 30.0 Å². The number of aliphatic hydroxyl groups is 2. The van der Waals surface area contributed by atoms with Gasteiger partial charge in [0.05, 0.1) is 23.3 Å². The summed E-state index contributed by atoms with van der Waals surface area (Å²) in [5, 5.41) is 30.2. The van der Waals surface area contributed by atoms with Gasteiger partial charge in [-0.3, -0.25) is 9.11 Å². The zero-order valence-electron chi connectivity index (χ0n) is 30.4. The molecule has 8 N–H and O–H groups in total. The van der Waals surface area contributed by atoms with E-state index in [1.807, 2.05) is 0 Å². The first-order valence-electron chi connectivity index (χ1n) is 17.0. The Morgan fingerprint density at radius 1 is 0.550 bits per heavy atom. The molecule has 0 amide bonds. The third-order valence-electron chi connectivity index (χ3n) is 7.46. The molecule has 0 saturated heterocycles. The minimum atomic E-state index is -4.95. The number of halogens is 2. The fourth-order valence-corrected chi connectivity index (χ4v) is 6.58. The Bertz CT molecular complexity index is 2640. The normalized spacial score (nSPS) is 11.2. The zero-order valence-corrected chi connectivity index (χ0v) is 33.6. The largest absolute Gasteiger partial charge is 0.423 e. The van der Waals surface area contributed by atoms with Crippen LogP contribution in [0.1, 0.15) is 11.1 Å². The predicted octanol–water partition coefficient (Wildman–Crippen LogP) is 5.14. The van der Waals surface area contributed by atoms with Crippen LogP contribution in [0.4, 0.5) is 35.2 Å². The quantitative estimate of drug-likeness (QED) is 0.0461. The predicted molar refractivity (Wildman–Crippen MR) is 219 cm³/mol. The molecule has 2 aromatic heterocycles. The highest BCUT2D eigenvalue weighted by Crippen LogP contribution is 2.31. The molecular weight excluding hydrogens is 867 g/mol. The van der Waals surface area contributed by atoms with Crippen molar-refractivity contribution in [2.45, 2.75) is 9.79 Å². The molecule has 0 unspecified atom stereocenters. The molecule has 0 aliphatic carbocycles. The van der Waals surface area contributed by atoms with E-state index in [9.17, 15) is 36.2 Å². The molecule has 310 valence electrons. The maximum Gasteiger partial charge on any atom is 0.328 e. The topological polar surface area (TPSA) is 293 Å². The number of aromatic nitrogens is 6. The van der Waals surface area contributed by atoms with E-state index in [1.165, 1.54) is 24.3 Å². The lowest BCUT2D eigenvalue weighted by atomic mass is 10.1. The highest BCUT2D eigenvalue weighted by atomic mass is 35.5. The van der Waals surface area contributed by atoms with E-state index in [0.29, 0.717) is 0 Å². The summed E-state index contributed by atoms with van der Waals surface area (Å²) in [6, 6.07) is 19.9. The molecule has 6 aromatic rings. The maximum atomic E-state index is 12.6. The fourth-order valence-electron chi connectivity index (χ4n) is 4.89. The Morgan fingerprint density at radius 3 is 1.30 bits per heavy atom. The van der Waals surface area contributed by atoms with E-state index in [1.54, 1.807) is 48.5 Å². The Labute approximate surface area is 351 Å². The van der Waals surface area contributed by atoms with Crippen LogP contribution < -0.4 is 30.7 Å². The molecule has 0 atom stereocenters. The van der Waals surface area contributed by atoms with Gasteiger partial charge < -0.3 is 41.0 Å². The SMILES string of the molecule is O=S(=O)(O)c1cc(Nc2nc(NCCO)nc(Oc3ccccc3Cl)n2)ccc1C#Cc1ccc(Nc2nc(NCCO)nc(Oc3ccccc3Cl)n2)cc1S(=O)(=O)O. The minimum Gasteiger partial charge on any atom is -0.423 e. The number of nitrogens with one attached hydrogen (secondary N) is 4. The van der Waals surface area contributed by atoms with Gasteiger partial charge in [-0.2, -0.15) is 46.7 Å². The molecule has 0 radical (unpaired) electrons. The molecule has 60 heavy (non-hydrogen) atoms. The standard InChI is InChI=1S/C36H30Cl2N10O10S2/c37-25-5-1-3-7-27(25)57-35-45-31(39-15-17-49)43-33(47-35)41-23-13-11-21(29(19-23)59(51,52)53)9-10-22-12-14-24(20-30(22)60(54,55)56)42-34-44-32(40-16-18-50)46-36(48-34)58-28-8-4-2-6-26(28)38/h1-8,11-14,19-20,49-50H,15-18H2,(H,51,52,53)(H,54,55,56)(H2,39,41,43,45,47)(H2,40,42,44,46,48). The van der Waals surface area contributed by atoms with Gasteiger partial charge in [0.25, 0.3) is 20.2 Å². The summed E-state index contributed by atoms with van der Waals surface area (Å²) in [7, 11) is -9.90. The monoisotopic (exact) mass is 896 g/mol. The van der Waals surface area contributed by atoms with Gasteiger partial charge >= 0.3 is 12.0 Å². The van der Waals surface area contributed by atoms with E-state index in [-0.39, 0.29) is 106 Å². The Morgan fingerprint density at radius 2 is 0.933 bits per heavy atom. The molecule has 0 bridgehead atoms. The van der Waals surface area contributed by atoms with Crippen LogP contribution in [0.3, 0.4) is 0 Å². The van der Waals surface area contributed by atoms with E-state index in [0.717, 1.165) is 12.1 Å². The van der Waals surface area contributed by atoms with Crippen molar-refractivity contribution in [2.75, 3.05) is 47.6 Å². The lowest BCUT2D eigenvalue weighted by Gasteiger charge is -2.12. The summed E-state index contributed by atoms with van der Waals surface area (Å²) < 4.78 is 82.0. The van der Waals surface area contributed by atoms with Crippen molar-refractivity contribution < 1.29 is 45.6 Å². The van der Waals surface area contributed by atoms with Crippen molar-refractivity contribution in [3.8, 4) is 35.4 Å². The number of hydrogen-bond acceptors (Lipinski definition) is 18. The number of nitrogens with zero attached hydrogens (tertiary/aromatic N) is 6. The maximum absolute atomic E-state index is 12.6. The Hall–Kier alpha value is -6.42. The first kappa shape index (κ1) is 43.2. The molecule has 24 heteroatoms. The number of anilines is 6. The lowest BCUT2D eigenvalue weighted by Crippen LogP contribution is -2.11. The second-order valence-corrected chi connectivity index (χ2v) is 15.4. The summed E-state index contributed by atoms with van der Waals surface area (Å²) in [6.07, 6.45) is 0. The van der Waals surface area contributed by atoms with Gasteiger partial charge in [-0.1, -0.05) is 59.3 Å². The summed E-state index contributed by atoms with van der Waals surface area (Å²) >= 11 is 12.4. The number of rotatable bonds is 16. The molecule has 2 heterocycles. The average molecular weight is 898 g/mol. The van der Waals surface area contributed by atoms with Crippen molar-refractivity contribution in [2.24, 2.45) is 0 Å². The summed E-state index contributed by atoms with van der Waals surface area (Å²) in [5.74, 6) is 5.21. The molecule has 0 saturated carbocycles. The van der Waals surface area contributed by atoms with Crippen molar-refractivity contribution >= 4 is 78.6 Å². The van der Waals surface area contributed by atoms with Crippen LogP contribution in [0.15, 0.2) is 94.7 Å². The van der Waals surface area contributed by atoms with E-state index >= 15 is 0 Å². The van der Waals surface area contributed by atoms with Gasteiger partial charge in [0.15, 0.2) is 0 Å². The zero-order chi connectivity index (χ0) is 42.9. The number of para-hydroxylation sites is 2. The van der Waals surface area contributed by atoms with Crippen LogP contribution in [0.2, 0.25) is 10.0 Å². The van der Waals surface area contributed by atoms with Crippen LogP contribution in [0.25, 0.3) is 0 Å². The average Bonchev–Trinajstić information content (AvgIpc) is 3.20. The minimum absolute atomic E-state index is 0.0164. The third kappa shape index (κ3) is 11.6. The number of hydrogen-bond donors (Lipinski definition) is 8. The van der Waals surface area contributed by atoms with Gasteiger partial charge in [0.2, 0.25) is 23.8 Å². The number of aliphatic hydroxyl groups excluding tert-OH is 2. The van der Waals surface area contributed by atoms with Gasteiger partial charge in [-0.15, -0.1) is 0 Å². The van der Waals surface area contributed by atoms with Crippen molar-refractivity contribution in [3.63, 3.8) is 0 Å². The third-order valence-corrected chi connectivity index (χ3v) is 9.87. The number of benzene rings is 4. The fraction of sp³-hybridized carbons (Fsp3) is 0.111. The second kappa shape index (κ2) is 19.1. The van der Waals surface area contributed by atoms with Crippen LogP contribution in [0, 0.1) is 11.8 Å². The molecule has 6 rings (SSSR count). The van der Waals surface area contributed by atoms with Gasteiger partial charge in [-0.25, -0.2) is 0 Å². The number of ether oxygens (including phenoxy) is 2. The first-order chi connectivity index (χ1) is 28.7.